The molecule has 1 saturated heterocycles. The summed E-state index contributed by atoms with van der Waals surface area (Å²) in [7, 11) is 1.86. The van der Waals surface area contributed by atoms with Gasteiger partial charge in [-0.15, -0.1) is 0 Å². The van der Waals surface area contributed by atoms with Crippen LogP contribution in [0.4, 0.5) is 5.69 Å². The summed E-state index contributed by atoms with van der Waals surface area (Å²) in [5.74, 6) is 0.835. The summed E-state index contributed by atoms with van der Waals surface area (Å²) in [5, 5.41) is 5.99. The van der Waals surface area contributed by atoms with Crippen LogP contribution in [0.15, 0.2) is 24.3 Å². The second-order valence-electron chi connectivity index (χ2n) is 7.24. The van der Waals surface area contributed by atoms with Gasteiger partial charge in [-0.25, -0.2) is 4.98 Å². The molecule has 1 aliphatic rings. The quantitative estimate of drug-likeness (QED) is 0.619. The molecule has 0 N–H and O–H groups in total. The first kappa shape index (κ1) is 18.7. The number of hydrogen-bond donors (Lipinski definition) is 0. The third kappa shape index (κ3) is 3.33. The maximum absolute atomic E-state index is 12.0. The molecular formula is C21H23ClN4O2. The summed E-state index contributed by atoms with van der Waals surface area (Å²) in [6, 6.07) is 7.46. The molecule has 1 aromatic carbocycles. The lowest BCUT2D eigenvalue weighted by atomic mass is 10.0. The summed E-state index contributed by atoms with van der Waals surface area (Å²) in [6.07, 6.45) is 2.85. The zero-order chi connectivity index (χ0) is 19.8. The molecule has 0 amide bonds. The Bertz CT molecular complexity index is 1020. The number of halogens is 1. The predicted octanol–water partition coefficient (Wildman–Crippen LogP) is 4.10. The van der Waals surface area contributed by atoms with Crippen LogP contribution in [0, 0.1) is 13.8 Å². The van der Waals surface area contributed by atoms with E-state index in [1.807, 2.05) is 45.2 Å². The molecule has 0 radical (unpaired) electrons. The lowest BCUT2D eigenvalue weighted by molar-refractivity contribution is 0.112. The van der Waals surface area contributed by atoms with Crippen molar-refractivity contribution in [2.24, 2.45) is 7.05 Å². The summed E-state index contributed by atoms with van der Waals surface area (Å²) in [5.41, 5.74) is 4.04. The summed E-state index contributed by atoms with van der Waals surface area (Å²) in [6.45, 7) is 5.50. The number of aromatic nitrogens is 3. The van der Waals surface area contributed by atoms with Gasteiger partial charge in [-0.05, 0) is 38.1 Å². The Morgan fingerprint density at radius 2 is 1.82 bits per heavy atom. The van der Waals surface area contributed by atoms with E-state index in [4.69, 9.17) is 21.3 Å². The lowest BCUT2D eigenvalue weighted by Crippen LogP contribution is -2.39. The topological polar surface area (TPSA) is 60.2 Å². The number of nitrogens with zero attached hydrogens (tertiary/aromatic N) is 4. The highest BCUT2D eigenvalue weighted by Gasteiger charge is 2.26. The van der Waals surface area contributed by atoms with Crippen molar-refractivity contribution in [2.45, 2.75) is 32.8 Å². The minimum atomic E-state index is 0.147. The van der Waals surface area contributed by atoms with Crippen LogP contribution in [-0.2, 0) is 7.05 Å². The number of ether oxygens (including phenoxy) is 1. The Labute approximate surface area is 169 Å². The molecule has 146 valence electrons. The molecule has 28 heavy (non-hydrogen) atoms. The number of pyridine rings is 1. The molecule has 1 fully saturated rings. The maximum atomic E-state index is 12.0. The van der Waals surface area contributed by atoms with E-state index in [1.165, 1.54) is 0 Å². The van der Waals surface area contributed by atoms with Gasteiger partial charge in [0.05, 0.1) is 28.0 Å². The molecule has 4 rings (SSSR count). The van der Waals surface area contributed by atoms with E-state index in [0.717, 1.165) is 66.1 Å². The minimum absolute atomic E-state index is 0.147. The average molecular weight is 399 g/mol. The van der Waals surface area contributed by atoms with E-state index in [9.17, 15) is 4.79 Å². The molecule has 0 aliphatic carbocycles. The number of fused-ring (bicyclic) bond motifs is 1. The van der Waals surface area contributed by atoms with E-state index >= 15 is 0 Å². The van der Waals surface area contributed by atoms with E-state index in [0.29, 0.717) is 10.6 Å². The van der Waals surface area contributed by atoms with Crippen LogP contribution in [0.25, 0.3) is 11.0 Å². The van der Waals surface area contributed by atoms with E-state index in [2.05, 4.69) is 10.00 Å². The number of hydrogen-bond acceptors (Lipinski definition) is 5. The zero-order valence-electron chi connectivity index (χ0n) is 16.3. The van der Waals surface area contributed by atoms with Gasteiger partial charge in [0.15, 0.2) is 11.9 Å². The largest absolute Gasteiger partial charge is 0.490 e. The molecular weight excluding hydrogens is 376 g/mol. The molecule has 0 saturated carbocycles. The summed E-state index contributed by atoms with van der Waals surface area (Å²) >= 11 is 5.94. The first-order chi connectivity index (χ1) is 13.5. The normalized spacial score (nSPS) is 15.2. The molecule has 7 heteroatoms. The van der Waals surface area contributed by atoms with Crippen molar-refractivity contribution in [3.05, 3.63) is 46.2 Å². The first-order valence-electron chi connectivity index (χ1n) is 9.44. The number of aldehydes is 1. The molecule has 0 bridgehead atoms. The third-order valence-corrected chi connectivity index (χ3v) is 5.58. The van der Waals surface area contributed by atoms with Gasteiger partial charge >= 0.3 is 0 Å². The van der Waals surface area contributed by atoms with Crippen molar-refractivity contribution in [3.63, 3.8) is 0 Å². The van der Waals surface area contributed by atoms with Gasteiger partial charge in [-0.1, -0.05) is 11.6 Å². The fraction of sp³-hybridized carbons (Fsp3) is 0.381. The Kier molecular flexibility index (Phi) is 4.98. The van der Waals surface area contributed by atoms with Crippen molar-refractivity contribution < 1.29 is 9.53 Å². The van der Waals surface area contributed by atoms with E-state index in [1.54, 1.807) is 4.68 Å². The molecule has 1 aliphatic heterocycles. The van der Waals surface area contributed by atoms with Crippen molar-refractivity contribution in [1.29, 1.82) is 0 Å². The summed E-state index contributed by atoms with van der Waals surface area (Å²) in [4.78, 5) is 19.0. The van der Waals surface area contributed by atoms with Gasteiger partial charge in [-0.3, -0.25) is 9.48 Å². The van der Waals surface area contributed by atoms with Crippen LogP contribution in [0.1, 0.15) is 34.6 Å². The number of carbonyl (C=O) groups is 1. The molecule has 0 atom stereocenters. The molecule has 0 spiro atoms. The Morgan fingerprint density at radius 1 is 1.14 bits per heavy atom. The van der Waals surface area contributed by atoms with Gasteiger partial charge in [-0.2, -0.15) is 5.10 Å². The van der Waals surface area contributed by atoms with Gasteiger partial charge in [0, 0.05) is 38.0 Å². The maximum Gasteiger partial charge on any atom is 0.158 e. The number of piperidine rings is 1. The van der Waals surface area contributed by atoms with Gasteiger partial charge < -0.3 is 9.64 Å². The van der Waals surface area contributed by atoms with Crippen LogP contribution in [0.5, 0.6) is 5.75 Å². The number of carbonyl (C=O) groups excluding carboxylic acids is 1. The van der Waals surface area contributed by atoms with Crippen molar-refractivity contribution >= 4 is 34.6 Å². The molecule has 6 nitrogen and oxygen atoms in total. The number of anilines is 1. The first-order valence-corrected chi connectivity index (χ1v) is 9.82. The van der Waals surface area contributed by atoms with E-state index < -0.39 is 0 Å². The second-order valence-corrected chi connectivity index (χ2v) is 7.68. The Balaban J connectivity index is 1.57. The smallest absolute Gasteiger partial charge is 0.158 e. The van der Waals surface area contributed by atoms with Crippen LogP contribution in [0.3, 0.4) is 0 Å². The van der Waals surface area contributed by atoms with E-state index in [-0.39, 0.29) is 6.10 Å². The van der Waals surface area contributed by atoms with Crippen LogP contribution in [-0.4, -0.2) is 40.2 Å². The second kappa shape index (κ2) is 7.43. The molecule has 0 unspecified atom stereocenters. The van der Waals surface area contributed by atoms with Crippen molar-refractivity contribution in [2.75, 3.05) is 18.0 Å². The fourth-order valence-corrected chi connectivity index (χ4v) is 4.16. The number of benzene rings is 1. The predicted molar refractivity (Wildman–Crippen MR) is 111 cm³/mol. The standard InChI is InChI=1S/C21H23ClN4O2/c1-13-19-18(12-27)20(14(2)23-21(19)25(3)24-13)26-10-8-17(9-11-26)28-16-6-4-15(22)5-7-16/h4-7,12,17H,8-11H2,1-3H3. The van der Waals surface area contributed by atoms with Crippen molar-refractivity contribution in [1.82, 2.24) is 14.8 Å². The van der Waals surface area contributed by atoms with Gasteiger partial charge in [0.25, 0.3) is 0 Å². The monoisotopic (exact) mass is 398 g/mol. The highest BCUT2D eigenvalue weighted by atomic mass is 35.5. The van der Waals surface area contributed by atoms with Crippen molar-refractivity contribution in [3.8, 4) is 5.75 Å². The Morgan fingerprint density at radius 3 is 2.46 bits per heavy atom. The zero-order valence-corrected chi connectivity index (χ0v) is 17.0. The highest BCUT2D eigenvalue weighted by molar-refractivity contribution is 6.30. The highest BCUT2D eigenvalue weighted by Crippen LogP contribution is 2.33. The SMILES string of the molecule is Cc1nc2c(c(C)nn2C)c(C=O)c1N1CCC(Oc2ccc(Cl)cc2)CC1. The third-order valence-electron chi connectivity index (χ3n) is 5.33. The summed E-state index contributed by atoms with van der Waals surface area (Å²) < 4.78 is 7.83. The number of aryl methyl sites for hydroxylation is 3. The van der Waals surface area contributed by atoms with Crippen LogP contribution < -0.4 is 9.64 Å². The fourth-order valence-electron chi connectivity index (χ4n) is 4.03. The Hall–Kier alpha value is -2.60. The molecule has 3 aromatic rings. The molecule has 2 aromatic heterocycles. The van der Waals surface area contributed by atoms with Crippen LogP contribution in [0.2, 0.25) is 5.02 Å². The van der Waals surface area contributed by atoms with Gasteiger partial charge in [0.1, 0.15) is 11.9 Å². The lowest BCUT2D eigenvalue weighted by Gasteiger charge is -2.35. The molecule has 3 heterocycles. The van der Waals surface area contributed by atoms with Gasteiger partial charge in [0.2, 0.25) is 0 Å². The minimum Gasteiger partial charge on any atom is -0.490 e. The van der Waals surface area contributed by atoms with Crippen LogP contribution >= 0.6 is 11.6 Å². The number of rotatable bonds is 4. The average Bonchev–Trinajstić information content (AvgIpc) is 2.97.